The summed E-state index contributed by atoms with van der Waals surface area (Å²) in [6.45, 7) is 2.74. The Bertz CT molecular complexity index is 512. The highest BCUT2D eigenvalue weighted by Gasteiger charge is 2.15. The quantitative estimate of drug-likeness (QED) is 0.860. The number of aromatic nitrogens is 1. The molecule has 1 aliphatic heterocycles. The Morgan fingerprint density at radius 3 is 3.00 bits per heavy atom. The van der Waals surface area contributed by atoms with Gasteiger partial charge in [-0.1, -0.05) is 6.07 Å². The summed E-state index contributed by atoms with van der Waals surface area (Å²) in [5.41, 5.74) is 1.07. The van der Waals surface area contributed by atoms with Crippen molar-refractivity contribution >= 4 is 10.9 Å². The van der Waals surface area contributed by atoms with E-state index in [4.69, 9.17) is 4.74 Å². The van der Waals surface area contributed by atoms with Gasteiger partial charge >= 0.3 is 0 Å². The first-order valence-electron chi connectivity index (χ1n) is 6.11. The van der Waals surface area contributed by atoms with Crippen molar-refractivity contribution in [2.24, 2.45) is 5.92 Å². The average molecular weight is 230 g/mol. The summed E-state index contributed by atoms with van der Waals surface area (Å²) in [5.74, 6) is 0.989. The zero-order valence-corrected chi connectivity index (χ0v) is 9.72. The van der Waals surface area contributed by atoms with E-state index in [2.05, 4.69) is 10.6 Å². The predicted molar refractivity (Wildman–Crippen MR) is 66.0 cm³/mol. The largest absolute Gasteiger partial charge is 0.507 e. The summed E-state index contributed by atoms with van der Waals surface area (Å²) < 4.78 is 7.55. The highest BCUT2D eigenvalue weighted by Crippen LogP contribution is 2.26. The maximum Gasteiger partial charge on any atom is 0.125 e. The fourth-order valence-corrected chi connectivity index (χ4v) is 2.49. The number of phenolic OH excluding ortho intramolecular Hbond substituents is 1. The van der Waals surface area contributed by atoms with Crippen molar-refractivity contribution in [2.45, 2.75) is 19.4 Å². The number of hydrogen-bond donors (Lipinski definition) is 1. The molecule has 2 aromatic rings. The minimum Gasteiger partial charge on any atom is -0.507 e. The van der Waals surface area contributed by atoms with Crippen LogP contribution in [0.2, 0.25) is 0 Å². The molecular formula is C14H16NO2. The fourth-order valence-electron chi connectivity index (χ4n) is 2.49. The van der Waals surface area contributed by atoms with Gasteiger partial charge in [-0.25, -0.2) is 0 Å². The number of fused-ring (bicyclic) bond motifs is 1. The van der Waals surface area contributed by atoms with Gasteiger partial charge in [-0.15, -0.1) is 0 Å². The maximum atomic E-state index is 9.73. The lowest BCUT2D eigenvalue weighted by Gasteiger charge is -2.22. The molecule has 1 aliphatic rings. The number of nitrogens with zero attached hydrogens (tertiary/aromatic N) is 1. The Hall–Kier alpha value is -1.48. The lowest BCUT2D eigenvalue weighted by Crippen LogP contribution is -2.19. The van der Waals surface area contributed by atoms with Gasteiger partial charge in [0.1, 0.15) is 5.75 Å². The highest BCUT2D eigenvalue weighted by molar-refractivity contribution is 5.85. The Morgan fingerprint density at radius 2 is 2.18 bits per heavy atom. The number of rotatable bonds is 2. The van der Waals surface area contributed by atoms with Crippen molar-refractivity contribution in [3.05, 3.63) is 30.5 Å². The van der Waals surface area contributed by atoms with Crippen LogP contribution in [0.3, 0.4) is 0 Å². The van der Waals surface area contributed by atoms with Crippen LogP contribution >= 0.6 is 0 Å². The Labute approximate surface area is 101 Å². The van der Waals surface area contributed by atoms with Crippen LogP contribution in [-0.4, -0.2) is 22.9 Å². The third kappa shape index (κ3) is 2.03. The van der Waals surface area contributed by atoms with Crippen LogP contribution in [0.1, 0.15) is 12.8 Å². The molecule has 3 heteroatoms. The van der Waals surface area contributed by atoms with Gasteiger partial charge in [0.2, 0.25) is 0 Å². The molecule has 0 bridgehead atoms. The van der Waals surface area contributed by atoms with Crippen LogP contribution in [-0.2, 0) is 11.3 Å². The minimum absolute atomic E-state index is 0.313. The van der Waals surface area contributed by atoms with Gasteiger partial charge in [-0.3, -0.25) is 0 Å². The summed E-state index contributed by atoms with van der Waals surface area (Å²) >= 11 is 0. The van der Waals surface area contributed by atoms with Gasteiger partial charge in [-0.2, -0.15) is 0 Å². The third-order valence-corrected chi connectivity index (χ3v) is 3.49. The topological polar surface area (TPSA) is 34.4 Å². The molecule has 1 aromatic carbocycles. The molecule has 17 heavy (non-hydrogen) atoms. The zero-order chi connectivity index (χ0) is 11.7. The van der Waals surface area contributed by atoms with Crippen LogP contribution in [0.4, 0.5) is 0 Å². The smallest absolute Gasteiger partial charge is 0.125 e. The predicted octanol–water partition coefficient (Wildman–Crippen LogP) is 2.57. The van der Waals surface area contributed by atoms with Gasteiger partial charge in [0.25, 0.3) is 0 Å². The van der Waals surface area contributed by atoms with Crippen LogP contribution in [0, 0.1) is 12.0 Å². The monoisotopic (exact) mass is 230 g/mol. The Kier molecular flexibility index (Phi) is 2.77. The summed E-state index contributed by atoms with van der Waals surface area (Å²) in [6.07, 6.45) is 4.19. The summed E-state index contributed by atoms with van der Waals surface area (Å²) in [4.78, 5) is 0. The second-order valence-corrected chi connectivity index (χ2v) is 4.65. The summed E-state index contributed by atoms with van der Waals surface area (Å²) in [6, 6.07) is 8.75. The van der Waals surface area contributed by atoms with Gasteiger partial charge in [0.15, 0.2) is 0 Å². The van der Waals surface area contributed by atoms with Gasteiger partial charge in [-0.05, 0) is 30.9 Å². The lowest BCUT2D eigenvalue weighted by molar-refractivity contribution is 0.0616. The normalized spacial score (nSPS) is 17.6. The third-order valence-electron chi connectivity index (χ3n) is 3.49. The van der Waals surface area contributed by atoms with E-state index >= 15 is 0 Å². The van der Waals surface area contributed by atoms with E-state index < -0.39 is 0 Å². The van der Waals surface area contributed by atoms with E-state index in [0.717, 1.165) is 43.5 Å². The number of aromatic hydroxyl groups is 1. The standard InChI is InChI=1S/C14H16NO2/c16-14-3-1-2-13-12(14)4-7-15(13)10-11-5-8-17-9-6-11/h1-3,7,11,16H,5-6,8-10H2. The summed E-state index contributed by atoms with van der Waals surface area (Å²) in [5, 5.41) is 10.5. The number of ether oxygens (including phenoxy) is 1. The molecule has 0 spiro atoms. The molecule has 1 aromatic heterocycles. The number of benzene rings is 1. The Morgan fingerprint density at radius 1 is 1.35 bits per heavy atom. The van der Waals surface area contributed by atoms with Crippen molar-refractivity contribution < 1.29 is 9.84 Å². The molecule has 0 atom stereocenters. The first kappa shape index (κ1) is 10.7. The molecule has 1 N–H and O–H groups in total. The first-order valence-corrected chi connectivity index (χ1v) is 6.11. The molecule has 3 rings (SSSR count). The number of phenols is 1. The zero-order valence-electron chi connectivity index (χ0n) is 9.72. The highest BCUT2D eigenvalue weighted by atomic mass is 16.5. The van der Waals surface area contributed by atoms with E-state index in [0.29, 0.717) is 11.7 Å². The van der Waals surface area contributed by atoms with Gasteiger partial charge in [0, 0.05) is 37.4 Å². The van der Waals surface area contributed by atoms with E-state index in [1.807, 2.05) is 18.3 Å². The molecule has 1 fully saturated rings. The molecule has 0 amide bonds. The SMILES string of the molecule is Oc1cccc2c1[c]cn2CC1CCOCC1. The van der Waals surface area contributed by atoms with Crippen molar-refractivity contribution in [3.8, 4) is 5.75 Å². The van der Waals surface area contributed by atoms with Gasteiger partial charge in [0.05, 0.1) is 5.52 Å². The van der Waals surface area contributed by atoms with Crippen molar-refractivity contribution in [1.82, 2.24) is 4.57 Å². The second kappa shape index (κ2) is 4.41. The molecule has 2 heterocycles. The average Bonchev–Trinajstić information content (AvgIpc) is 2.76. The first-order chi connectivity index (χ1) is 8.34. The maximum absolute atomic E-state index is 9.73. The second-order valence-electron chi connectivity index (χ2n) is 4.65. The summed E-state index contributed by atoms with van der Waals surface area (Å²) in [7, 11) is 0. The van der Waals surface area contributed by atoms with Crippen LogP contribution in [0.25, 0.3) is 10.9 Å². The molecule has 1 saturated heterocycles. The van der Waals surface area contributed by atoms with Crippen LogP contribution in [0.5, 0.6) is 5.75 Å². The lowest BCUT2D eigenvalue weighted by atomic mass is 10.0. The van der Waals surface area contributed by atoms with E-state index in [1.165, 1.54) is 0 Å². The van der Waals surface area contributed by atoms with E-state index in [9.17, 15) is 5.11 Å². The molecule has 1 radical (unpaired) electrons. The molecule has 89 valence electrons. The van der Waals surface area contributed by atoms with Crippen LogP contribution in [0.15, 0.2) is 24.4 Å². The fraction of sp³-hybridized carbons (Fsp3) is 0.429. The molecule has 3 nitrogen and oxygen atoms in total. The molecular weight excluding hydrogens is 214 g/mol. The number of hydrogen-bond acceptors (Lipinski definition) is 2. The van der Waals surface area contributed by atoms with E-state index in [1.54, 1.807) is 6.07 Å². The molecule has 0 aliphatic carbocycles. The van der Waals surface area contributed by atoms with Crippen LogP contribution < -0.4 is 0 Å². The minimum atomic E-state index is 0.313. The van der Waals surface area contributed by atoms with Crippen molar-refractivity contribution in [3.63, 3.8) is 0 Å². The van der Waals surface area contributed by atoms with Gasteiger partial charge < -0.3 is 14.4 Å². The van der Waals surface area contributed by atoms with E-state index in [-0.39, 0.29) is 0 Å². The van der Waals surface area contributed by atoms with Crippen molar-refractivity contribution in [2.75, 3.05) is 13.2 Å². The van der Waals surface area contributed by atoms with Crippen molar-refractivity contribution in [1.29, 1.82) is 0 Å². The molecule has 0 unspecified atom stereocenters. The Balaban J connectivity index is 1.87. The molecule has 0 saturated carbocycles.